The average Bonchev–Trinajstić information content (AvgIpc) is 2.94. The summed E-state index contributed by atoms with van der Waals surface area (Å²) in [5, 5.41) is 7.25. The molecule has 3 aromatic rings. The zero-order valence-corrected chi connectivity index (χ0v) is 15.6. The molecule has 0 unspecified atom stereocenters. The molecule has 0 aliphatic carbocycles. The van der Waals surface area contributed by atoms with Crippen LogP contribution >= 0.6 is 11.6 Å². The van der Waals surface area contributed by atoms with Crippen LogP contribution in [0.25, 0.3) is 0 Å². The van der Waals surface area contributed by atoms with E-state index in [0.717, 1.165) is 11.1 Å². The molecular formula is C20H19ClN2O3. The highest BCUT2D eigenvalue weighted by Gasteiger charge is 2.21. The molecule has 1 aromatic heterocycles. The van der Waals surface area contributed by atoms with E-state index in [1.807, 2.05) is 44.2 Å². The Balaban J connectivity index is 1.78. The number of rotatable bonds is 5. The topological polar surface area (TPSA) is 64.4 Å². The Morgan fingerprint density at radius 3 is 2.54 bits per heavy atom. The van der Waals surface area contributed by atoms with Crippen LogP contribution in [0.2, 0.25) is 5.02 Å². The number of carbonyl (C=O) groups is 1. The quantitative estimate of drug-likeness (QED) is 0.679. The molecule has 3 rings (SSSR count). The summed E-state index contributed by atoms with van der Waals surface area (Å²) in [5.41, 5.74) is 3.64. The Labute approximate surface area is 156 Å². The minimum Gasteiger partial charge on any atom is -0.487 e. The van der Waals surface area contributed by atoms with Gasteiger partial charge in [0.05, 0.1) is 10.6 Å². The summed E-state index contributed by atoms with van der Waals surface area (Å²) in [7, 11) is 0. The van der Waals surface area contributed by atoms with Gasteiger partial charge in [-0.1, -0.05) is 35.0 Å². The second kappa shape index (κ2) is 7.62. The fraction of sp³-hybridized carbons (Fsp3) is 0.200. The van der Waals surface area contributed by atoms with Gasteiger partial charge in [-0.3, -0.25) is 4.79 Å². The predicted molar refractivity (Wildman–Crippen MR) is 101 cm³/mol. The maximum atomic E-state index is 12.6. The minimum atomic E-state index is -0.343. The summed E-state index contributed by atoms with van der Waals surface area (Å²) in [6.45, 7) is 5.83. The van der Waals surface area contributed by atoms with Gasteiger partial charge in [-0.05, 0) is 56.2 Å². The van der Waals surface area contributed by atoms with Crippen molar-refractivity contribution in [3.05, 3.63) is 75.6 Å². The lowest BCUT2D eigenvalue weighted by atomic mass is 10.1. The molecule has 5 nitrogen and oxygen atoms in total. The van der Waals surface area contributed by atoms with E-state index < -0.39 is 0 Å². The molecule has 0 saturated carbocycles. The van der Waals surface area contributed by atoms with Crippen LogP contribution < -0.4 is 10.1 Å². The van der Waals surface area contributed by atoms with E-state index in [1.165, 1.54) is 0 Å². The molecule has 0 radical (unpaired) electrons. The van der Waals surface area contributed by atoms with Crippen molar-refractivity contribution >= 4 is 23.2 Å². The number of para-hydroxylation sites is 1. The lowest BCUT2D eigenvalue weighted by Gasteiger charge is -2.09. The van der Waals surface area contributed by atoms with Crippen molar-refractivity contribution in [1.82, 2.24) is 5.16 Å². The number of hydrogen-bond acceptors (Lipinski definition) is 4. The lowest BCUT2D eigenvalue weighted by Crippen LogP contribution is -2.15. The van der Waals surface area contributed by atoms with Gasteiger partial charge in [-0.2, -0.15) is 0 Å². The molecule has 1 amide bonds. The van der Waals surface area contributed by atoms with Crippen LogP contribution in [0.1, 0.15) is 32.9 Å². The minimum absolute atomic E-state index is 0.134. The molecule has 0 aliphatic heterocycles. The fourth-order valence-corrected chi connectivity index (χ4v) is 2.88. The molecule has 0 spiro atoms. The normalized spacial score (nSPS) is 10.6. The van der Waals surface area contributed by atoms with Crippen LogP contribution in [0.15, 0.2) is 47.0 Å². The van der Waals surface area contributed by atoms with Crippen molar-refractivity contribution in [2.45, 2.75) is 27.4 Å². The molecule has 0 fully saturated rings. The Bertz CT molecular complexity index is 930. The highest BCUT2D eigenvalue weighted by atomic mass is 35.5. The molecule has 134 valence electrons. The molecular weight excluding hydrogens is 352 g/mol. The van der Waals surface area contributed by atoms with E-state index in [9.17, 15) is 4.79 Å². The van der Waals surface area contributed by atoms with Crippen LogP contribution in [0.5, 0.6) is 5.75 Å². The highest BCUT2D eigenvalue weighted by molar-refractivity contribution is 6.32. The number of aryl methyl sites for hydroxylation is 3. The van der Waals surface area contributed by atoms with Crippen LogP contribution in [0.3, 0.4) is 0 Å². The third kappa shape index (κ3) is 4.06. The highest BCUT2D eigenvalue weighted by Crippen LogP contribution is 2.25. The van der Waals surface area contributed by atoms with Gasteiger partial charge in [0.2, 0.25) is 0 Å². The van der Waals surface area contributed by atoms with Crippen LogP contribution in [0, 0.1) is 20.8 Å². The molecule has 0 atom stereocenters. The van der Waals surface area contributed by atoms with Crippen molar-refractivity contribution < 1.29 is 14.1 Å². The van der Waals surface area contributed by atoms with Gasteiger partial charge in [0.15, 0.2) is 5.69 Å². The summed E-state index contributed by atoms with van der Waals surface area (Å²) in [5.74, 6) is 0.725. The first-order valence-electron chi connectivity index (χ1n) is 8.16. The summed E-state index contributed by atoms with van der Waals surface area (Å²) in [6, 6.07) is 13.0. The van der Waals surface area contributed by atoms with E-state index in [4.69, 9.17) is 20.9 Å². The van der Waals surface area contributed by atoms with Gasteiger partial charge in [0.25, 0.3) is 5.91 Å². The molecule has 26 heavy (non-hydrogen) atoms. The number of hydrogen-bond donors (Lipinski definition) is 1. The van der Waals surface area contributed by atoms with Gasteiger partial charge < -0.3 is 14.6 Å². The number of anilines is 1. The molecule has 0 saturated heterocycles. The maximum absolute atomic E-state index is 12.6. The first-order chi connectivity index (χ1) is 12.4. The second-order valence-electron chi connectivity index (χ2n) is 6.12. The molecule has 0 aliphatic rings. The monoisotopic (exact) mass is 370 g/mol. The Kier molecular flexibility index (Phi) is 5.28. The van der Waals surface area contributed by atoms with Crippen LogP contribution in [-0.4, -0.2) is 11.1 Å². The average molecular weight is 371 g/mol. The van der Waals surface area contributed by atoms with Crippen molar-refractivity contribution in [2.75, 3.05) is 5.32 Å². The number of halogens is 1. The van der Waals surface area contributed by atoms with E-state index >= 15 is 0 Å². The summed E-state index contributed by atoms with van der Waals surface area (Å²) < 4.78 is 10.9. The van der Waals surface area contributed by atoms with Crippen LogP contribution in [0.4, 0.5) is 5.69 Å². The number of aromatic nitrogens is 1. The number of amides is 1. The zero-order chi connectivity index (χ0) is 18.7. The number of nitrogens with zero attached hydrogens (tertiary/aromatic N) is 1. The smallest absolute Gasteiger partial charge is 0.278 e. The van der Waals surface area contributed by atoms with Gasteiger partial charge in [-0.25, -0.2) is 0 Å². The third-order valence-electron chi connectivity index (χ3n) is 3.89. The SMILES string of the molecule is Cc1cc(C)cc(NC(=O)c2noc(C)c2COc2ccccc2Cl)c1. The van der Waals surface area contributed by atoms with Gasteiger partial charge in [-0.15, -0.1) is 0 Å². The lowest BCUT2D eigenvalue weighted by molar-refractivity contribution is 0.101. The summed E-state index contributed by atoms with van der Waals surface area (Å²) >= 11 is 6.10. The van der Waals surface area contributed by atoms with E-state index in [0.29, 0.717) is 27.8 Å². The molecule has 6 heteroatoms. The Hall–Kier alpha value is -2.79. The molecule has 2 aromatic carbocycles. The third-order valence-corrected chi connectivity index (χ3v) is 4.20. The van der Waals surface area contributed by atoms with Crippen molar-refractivity contribution in [2.24, 2.45) is 0 Å². The van der Waals surface area contributed by atoms with Crippen molar-refractivity contribution in [1.29, 1.82) is 0 Å². The predicted octanol–water partition coefficient (Wildman–Crippen LogP) is 5.08. The van der Waals surface area contributed by atoms with E-state index in [2.05, 4.69) is 10.5 Å². The Morgan fingerprint density at radius 2 is 1.85 bits per heavy atom. The molecule has 1 heterocycles. The van der Waals surface area contributed by atoms with Crippen molar-refractivity contribution in [3.63, 3.8) is 0 Å². The van der Waals surface area contributed by atoms with Gasteiger partial charge >= 0.3 is 0 Å². The number of benzene rings is 2. The van der Waals surface area contributed by atoms with Crippen LogP contribution in [-0.2, 0) is 6.61 Å². The fourth-order valence-electron chi connectivity index (χ4n) is 2.69. The first-order valence-corrected chi connectivity index (χ1v) is 8.54. The zero-order valence-electron chi connectivity index (χ0n) is 14.8. The summed E-state index contributed by atoms with van der Waals surface area (Å²) in [6.07, 6.45) is 0. The molecule has 1 N–H and O–H groups in total. The summed E-state index contributed by atoms with van der Waals surface area (Å²) in [4.78, 5) is 12.6. The number of carbonyl (C=O) groups excluding carboxylic acids is 1. The van der Waals surface area contributed by atoms with Gasteiger partial charge in [0.1, 0.15) is 18.1 Å². The van der Waals surface area contributed by atoms with E-state index in [-0.39, 0.29) is 18.2 Å². The largest absolute Gasteiger partial charge is 0.487 e. The maximum Gasteiger partial charge on any atom is 0.278 e. The van der Waals surface area contributed by atoms with Crippen molar-refractivity contribution in [3.8, 4) is 5.75 Å². The second-order valence-corrected chi connectivity index (χ2v) is 6.52. The first kappa shape index (κ1) is 18.0. The number of nitrogens with one attached hydrogen (secondary N) is 1. The molecule has 0 bridgehead atoms. The van der Waals surface area contributed by atoms with E-state index in [1.54, 1.807) is 19.1 Å². The van der Waals surface area contributed by atoms with Gasteiger partial charge in [0, 0.05) is 5.69 Å². The Morgan fingerprint density at radius 1 is 1.15 bits per heavy atom. The number of ether oxygens (including phenoxy) is 1. The standard InChI is InChI=1S/C20H19ClN2O3/c1-12-8-13(2)10-15(9-12)22-20(24)19-16(14(3)26-23-19)11-25-18-7-5-4-6-17(18)21/h4-10H,11H2,1-3H3,(H,22,24).